The van der Waals surface area contributed by atoms with Gasteiger partial charge in [0.2, 0.25) is 0 Å². The molecule has 2 rings (SSSR count). The molecule has 28 heavy (non-hydrogen) atoms. The Kier molecular flexibility index (Phi) is 7.92. The number of nitrogens with one attached hydrogen (secondary N) is 2. The van der Waals surface area contributed by atoms with Crippen molar-refractivity contribution in [2.24, 2.45) is 0 Å². The summed E-state index contributed by atoms with van der Waals surface area (Å²) < 4.78 is 9.93. The van der Waals surface area contributed by atoms with Gasteiger partial charge in [0.1, 0.15) is 5.75 Å². The monoisotopic (exact) mass is 444 g/mol. The van der Waals surface area contributed by atoms with E-state index in [1.54, 1.807) is 24.3 Å². The standard InChI is InChI=1S/C18H15Cl3N2O5/c1-10-2-4-11(5-3-10)18(26)23-22-16(24)8-28-17(25)9-27-15-7-13(20)12(19)6-14(15)21/h2-7H,8-9H2,1H3,(H,22,24)(H,23,26). The van der Waals surface area contributed by atoms with Crippen LogP contribution in [0.25, 0.3) is 0 Å². The number of esters is 1. The van der Waals surface area contributed by atoms with Crippen molar-refractivity contribution in [2.45, 2.75) is 6.92 Å². The molecule has 0 radical (unpaired) electrons. The van der Waals surface area contributed by atoms with Crippen LogP contribution >= 0.6 is 34.8 Å². The van der Waals surface area contributed by atoms with Crippen molar-refractivity contribution >= 4 is 52.6 Å². The van der Waals surface area contributed by atoms with E-state index in [1.165, 1.54) is 12.1 Å². The number of hydrazine groups is 1. The van der Waals surface area contributed by atoms with E-state index in [0.29, 0.717) is 5.56 Å². The quantitative estimate of drug-likeness (QED) is 0.404. The Balaban J connectivity index is 1.72. The minimum absolute atomic E-state index is 0.142. The van der Waals surface area contributed by atoms with E-state index in [-0.39, 0.29) is 20.8 Å². The van der Waals surface area contributed by atoms with Crippen LogP contribution in [-0.2, 0) is 14.3 Å². The van der Waals surface area contributed by atoms with Crippen molar-refractivity contribution in [3.8, 4) is 5.75 Å². The number of rotatable bonds is 6. The van der Waals surface area contributed by atoms with Gasteiger partial charge in [0.25, 0.3) is 11.8 Å². The lowest BCUT2D eigenvalue weighted by atomic mass is 10.1. The molecule has 0 atom stereocenters. The average molecular weight is 446 g/mol. The Morgan fingerprint density at radius 1 is 0.893 bits per heavy atom. The van der Waals surface area contributed by atoms with E-state index in [0.717, 1.165) is 5.56 Å². The number of halogens is 3. The molecule has 0 saturated carbocycles. The average Bonchev–Trinajstić information content (AvgIpc) is 2.66. The molecule has 2 N–H and O–H groups in total. The van der Waals surface area contributed by atoms with Gasteiger partial charge in [-0.15, -0.1) is 0 Å². The van der Waals surface area contributed by atoms with Crippen LogP contribution in [0, 0.1) is 6.92 Å². The van der Waals surface area contributed by atoms with E-state index in [1.807, 2.05) is 6.92 Å². The van der Waals surface area contributed by atoms with Gasteiger partial charge in [-0.25, -0.2) is 4.79 Å². The summed E-state index contributed by atoms with van der Waals surface area (Å²) in [5.41, 5.74) is 5.72. The lowest BCUT2D eigenvalue weighted by Gasteiger charge is -2.10. The Hall–Kier alpha value is -2.48. The molecule has 0 aliphatic heterocycles. The fraction of sp³-hybridized carbons (Fsp3) is 0.167. The van der Waals surface area contributed by atoms with Gasteiger partial charge in [0.15, 0.2) is 13.2 Å². The molecule has 0 fully saturated rings. The predicted molar refractivity (Wildman–Crippen MR) is 105 cm³/mol. The number of carbonyl (C=O) groups is 3. The molecule has 0 aliphatic carbocycles. The molecule has 0 aromatic heterocycles. The maximum absolute atomic E-state index is 11.9. The molecule has 0 bridgehead atoms. The summed E-state index contributed by atoms with van der Waals surface area (Å²) in [5, 5.41) is 0.614. The summed E-state index contributed by atoms with van der Waals surface area (Å²) in [6, 6.07) is 9.48. The van der Waals surface area contributed by atoms with E-state index < -0.39 is 31.0 Å². The van der Waals surface area contributed by atoms with Crippen LogP contribution in [0.3, 0.4) is 0 Å². The van der Waals surface area contributed by atoms with Gasteiger partial charge in [-0.3, -0.25) is 20.4 Å². The van der Waals surface area contributed by atoms with Gasteiger partial charge < -0.3 is 9.47 Å². The molecule has 10 heteroatoms. The zero-order valence-electron chi connectivity index (χ0n) is 14.6. The van der Waals surface area contributed by atoms with E-state index >= 15 is 0 Å². The van der Waals surface area contributed by atoms with Gasteiger partial charge >= 0.3 is 5.97 Å². The van der Waals surface area contributed by atoms with E-state index in [9.17, 15) is 14.4 Å². The number of ether oxygens (including phenoxy) is 2. The zero-order valence-corrected chi connectivity index (χ0v) is 16.8. The number of hydrogen-bond acceptors (Lipinski definition) is 5. The normalized spacial score (nSPS) is 10.1. The molecule has 0 unspecified atom stereocenters. The maximum Gasteiger partial charge on any atom is 0.344 e. The molecular formula is C18H15Cl3N2O5. The summed E-state index contributed by atoms with van der Waals surface area (Å²) in [7, 11) is 0. The molecule has 0 spiro atoms. The number of aryl methyl sites for hydroxylation is 1. The molecule has 2 aromatic rings. The minimum atomic E-state index is -0.817. The van der Waals surface area contributed by atoms with Gasteiger partial charge in [-0.05, 0) is 25.1 Å². The van der Waals surface area contributed by atoms with Crippen LogP contribution in [0.1, 0.15) is 15.9 Å². The molecular weight excluding hydrogens is 431 g/mol. The Morgan fingerprint density at radius 2 is 1.54 bits per heavy atom. The first-order valence-electron chi connectivity index (χ1n) is 7.85. The number of carbonyl (C=O) groups excluding carboxylic acids is 3. The Bertz CT molecular complexity index is 888. The topological polar surface area (TPSA) is 93.7 Å². The van der Waals surface area contributed by atoms with Gasteiger partial charge in [-0.2, -0.15) is 0 Å². The summed E-state index contributed by atoms with van der Waals surface area (Å²) in [4.78, 5) is 35.2. The highest BCUT2D eigenvalue weighted by Crippen LogP contribution is 2.33. The number of amides is 2. The first-order chi connectivity index (χ1) is 13.3. The first-order valence-corrected chi connectivity index (χ1v) is 8.98. The highest BCUT2D eigenvalue weighted by Gasteiger charge is 2.12. The summed E-state index contributed by atoms with van der Waals surface area (Å²) in [6.07, 6.45) is 0. The van der Waals surface area contributed by atoms with Crippen LogP contribution in [0.15, 0.2) is 36.4 Å². The van der Waals surface area contributed by atoms with Crippen LogP contribution < -0.4 is 15.6 Å². The molecule has 0 saturated heterocycles. The van der Waals surface area contributed by atoms with Crippen molar-refractivity contribution in [3.63, 3.8) is 0 Å². The van der Waals surface area contributed by atoms with Gasteiger partial charge in [0, 0.05) is 11.6 Å². The third-order valence-electron chi connectivity index (χ3n) is 3.31. The molecule has 0 aliphatic rings. The smallest absolute Gasteiger partial charge is 0.344 e. The van der Waals surface area contributed by atoms with Crippen LogP contribution in [0.5, 0.6) is 5.75 Å². The molecule has 0 heterocycles. The SMILES string of the molecule is Cc1ccc(C(=O)NNC(=O)COC(=O)COc2cc(Cl)c(Cl)cc2Cl)cc1. The van der Waals surface area contributed by atoms with Gasteiger partial charge in [-0.1, -0.05) is 52.5 Å². The lowest BCUT2D eigenvalue weighted by Crippen LogP contribution is -2.43. The Labute approximate surface area is 175 Å². The van der Waals surface area contributed by atoms with Crippen molar-refractivity contribution in [1.29, 1.82) is 0 Å². The third kappa shape index (κ3) is 6.60. The Morgan fingerprint density at radius 3 is 2.21 bits per heavy atom. The molecule has 2 amide bonds. The van der Waals surface area contributed by atoms with Crippen molar-refractivity contribution in [3.05, 3.63) is 62.6 Å². The second kappa shape index (κ2) is 10.2. The predicted octanol–water partition coefficient (Wildman–Crippen LogP) is 3.34. The molecule has 2 aromatic carbocycles. The molecule has 148 valence electrons. The van der Waals surface area contributed by atoms with Crippen molar-refractivity contribution in [2.75, 3.05) is 13.2 Å². The lowest BCUT2D eigenvalue weighted by molar-refractivity contribution is -0.150. The van der Waals surface area contributed by atoms with E-state index in [4.69, 9.17) is 44.3 Å². The summed E-state index contributed by atoms with van der Waals surface area (Å²) in [6.45, 7) is 0.781. The van der Waals surface area contributed by atoms with Crippen LogP contribution in [0.4, 0.5) is 0 Å². The maximum atomic E-state index is 11.9. The zero-order chi connectivity index (χ0) is 20.7. The highest BCUT2D eigenvalue weighted by molar-refractivity contribution is 6.43. The van der Waals surface area contributed by atoms with Crippen molar-refractivity contribution in [1.82, 2.24) is 10.9 Å². The third-order valence-corrected chi connectivity index (χ3v) is 4.33. The van der Waals surface area contributed by atoms with Crippen molar-refractivity contribution < 1.29 is 23.9 Å². The fourth-order valence-corrected chi connectivity index (χ4v) is 2.47. The first kappa shape index (κ1) is 21.8. The largest absolute Gasteiger partial charge is 0.480 e. The van der Waals surface area contributed by atoms with Crippen LogP contribution in [-0.4, -0.2) is 31.0 Å². The number of benzene rings is 2. The second-order valence-electron chi connectivity index (χ2n) is 5.51. The highest BCUT2D eigenvalue weighted by atomic mass is 35.5. The molecule has 7 nitrogen and oxygen atoms in total. The number of hydrogen-bond donors (Lipinski definition) is 2. The summed E-state index contributed by atoms with van der Waals surface area (Å²) >= 11 is 17.6. The minimum Gasteiger partial charge on any atom is -0.480 e. The van der Waals surface area contributed by atoms with Gasteiger partial charge in [0.05, 0.1) is 15.1 Å². The van der Waals surface area contributed by atoms with E-state index in [2.05, 4.69) is 10.9 Å². The van der Waals surface area contributed by atoms with Crippen LogP contribution in [0.2, 0.25) is 15.1 Å². The second-order valence-corrected chi connectivity index (χ2v) is 6.74. The summed E-state index contributed by atoms with van der Waals surface area (Å²) in [5.74, 6) is -1.90. The fourth-order valence-electron chi connectivity index (χ4n) is 1.88.